The molecule has 6 nitrogen and oxygen atoms in total. The zero-order chi connectivity index (χ0) is 17.2. The Morgan fingerprint density at radius 2 is 2.28 bits per heavy atom. The highest BCUT2D eigenvalue weighted by Gasteiger charge is 2.32. The summed E-state index contributed by atoms with van der Waals surface area (Å²) < 4.78 is 10.9. The lowest BCUT2D eigenvalue weighted by Crippen LogP contribution is -2.33. The number of thiophene rings is 1. The minimum absolute atomic E-state index is 0.109. The molecule has 1 amide bonds. The molecule has 130 valence electrons. The minimum atomic E-state index is 0.109. The molecule has 1 fully saturated rings. The van der Waals surface area contributed by atoms with Gasteiger partial charge < -0.3 is 13.7 Å². The predicted molar refractivity (Wildman–Crippen MR) is 95.4 cm³/mol. The second kappa shape index (κ2) is 7.05. The third-order valence-corrected chi connectivity index (χ3v) is 5.59. The van der Waals surface area contributed by atoms with E-state index in [4.69, 9.17) is 8.83 Å². The van der Waals surface area contributed by atoms with Crippen LogP contribution in [-0.4, -0.2) is 32.8 Å². The molecular formula is C17H17N3O3S2. The molecule has 3 heterocycles. The maximum Gasteiger partial charge on any atom is 0.277 e. The maximum absolute atomic E-state index is 12.6. The molecule has 0 spiro atoms. The van der Waals surface area contributed by atoms with Crippen molar-refractivity contribution in [3.8, 4) is 11.5 Å². The lowest BCUT2D eigenvalue weighted by Gasteiger charge is -2.21. The van der Waals surface area contributed by atoms with Gasteiger partial charge >= 0.3 is 0 Å². The smallest absolute Gasteiger partial charge is 0.277 e. The first-order valence-electron chi connectivity index (χ1n) is 8.02. The van der Waals surface area contributed by atoms with Gasteiger partial charge in [0, 0.05) is 12.6 Å². The highest BCUT2D eigenvalue weighted by Crippen LogP contribution is 2.31. The van der Waals surface area contributed by atoms with Crippen molar-refractivity contribution < 1.29 is 13.6 Å². The molecule has 0 radical (unpaired) electrons. The number of rotatable bonds is 7. The molecule has 0 bridgehead atoms. The van der Waals surface area contributed by atoms with Crippen LogP contribution in [0, 0.1) is 6.92 Å². The second-order valence-corrected chi connectivity index (χ2v) is 7.64. The van der Waals surface area contributed by atoms with Gasteiger partial charge in [0.15, 0.2) is 0 Å². The van der Waals surface area contributed by atoms with Crippen molar-refractivity contribution in [2.24, 2.45) is 0 Å². The van der Waals surface area contributed by atoms with E-state index in [2.05, 4.69) is 21.6 Å². The standard InChI is InChI=1S/C17H17N3O3S2/c1-11-14(4-6-22-11)16-18-19-17(23-16)25-10-15(21)20(13-2-3-13)8-12-5-7-24-9-12/h4-7,9,13H,2-3,8,10H2,1H3. The van der Waals surface area contributed by atoms with Crippen molar-refractivity contribution in [3.63, 3.8) is 0 Å². The lowest BCUT2D eigenvalue weighted by atomic mass is 10.3. The van der Waals surface area contributed by atoms with Crippen molar-refractivity contribution >= 4 is 29.0 Å². The number of carbonyl (C=O) groups excluding carboxylic acids is 1. The molecule has 4 rings (SSSR count). The van der Waals surface area contributed by atoms with Gasteiger partial charge in [-0.3, -0.25) is 4.79 Å². The van der Waals surface area contributed by atoms with Gasteiger partial charge in [-0.15, -0.1) is 10.2 Å². The highest BCUT2D eigenvalue weighted by molar-refractivity contribution is 7.99. The van der Waals surface area contributed by atoms with Crippen LogP contribution in [0.15, 0.2) is 43.2 Å². The third kappa shape index (κ3) is 3.80. The Morgan fingerprint density at radius 1 is 1.40 bits per heavy atom. The normalized spacial score (nSPS) is 14.0. The number of nitrogens with zero attached hydrogens (tertiary/aromatic N) is 3. The first-order chi connectivity index (χ1) is 12.2. The number of aryl methyl sites for hydroxylation is 1. The van der Waals surface area contributed by atoms with Gasteiger partial charge in [0.2, 0.25) is 5.91 Å². The predicted octanol–water partition coefficient (Wildman–Crippen LogP) is 3.98. The molecule has 0 unspecified atom stereocenters. The number of aromatic nitrogens is 2. The van der Waals surface area contributed by atoms with Crippen LogP contribution in [0.2, 0.25) is 0 Å². The largest absolute Gasteiger partial charge is 0.469 e. The van der Waals surface area contributed by atoms with Crippen LogP contribution in [0.25, 0.3) is 11.5 Å². The van der Waals surface area contributed by atoms with E-state index in [0.29, 0.717) is 29.5 Å². The van der Waals surface area contributed by atoms with Gasteiger partial charge in [-0.2, -0.15) is 11.3 Å². The zero-order valence-electron chi connectivity index (χ0n) is 13.7. The molecule has 0 atom stereocenters. The Bertz CT molecular complexity index is 852. The minimum Gasteiger partial charge on any atom is -0.469 e. The molecule has 3 aromatic heterocycles. The summed E-state index contributed by atoms with van der Waals surface area (Å²) in [7, 11) is 0. The molecule has 0 aliphatic heterocycles. The fourth-order valence-corrected chi connectivity index (χ4v) is 3.89. The molecule has 1 aliphatic carbocycles. The van der Waals surface area contributed by atoms with E-state index in [0.717, 1.165) is 24.2 Å². The number of furan rings is 1. The third-order valence-electron chi connectivity index (χ3n) is 4.06. The molecular weight excluding hydrogens is 358 g/mol. The van der Waals surface area contributed by atoms with Crippen LogP contribution >= 0.6 is 23.1 Å². The lowest BCUT2D eigenvalue weighted by molar-refractivity contribution is -0.129. The monoisotopic (exact) mass is 375 g/mol. The van der Waals surface area contributed by atoms with Gasteiger partial charge in [0.25, 0.3) is 11.1 Å². The van der Waals surface area contributed by atoms with E-state index in [1.807, 2.05) is 17.2 Å². The molecule has 1 aliphatic rings. The number of hydrogen-bond acceptors (Lipinski definition) is 7. The Hall–Kier alpha value is -2.06. The average molecular weight is 375 g/mol. The van der Waals surface area contributed by atoms with Gasteiger partial charge in [0.05, 0.1) is 17.6 Å². The van der Waals surface area contributed by atoms with Crippen LogP contribution in [0.5, 0.6) is 0 Å². The van der Waals surface area contributed by atoms with Crippen LogP contribution in [0.4, 0.5) is 0 Å². The zero-order valence-corrected chi connectivity index (χ0v) is 15.3. The maximum atomic E-state index is 12.6. The number of carbonyl (C=O) groups is 1. The van der Waals surface area contributed by atoms with Crippen molar-refractivity contribution in [2.75, 3.05) is 5.75 Å². The summed E-state index contributed by atoms with van der Waals surface area (Å²) in [6, 6.07) is 4.23. The van der Waals surface area contributed by atoms with E-state index < -0.39 is 0 Å². The SMILES string of the molecule is Cc1occc1-c1nnc(SCC(=O)N(Cc2ccsc2)C2CC2)o1. The van der Waals surface area contributed by atoms with Crippen molar-refractivity contribution in [2.45, 2.75) is 37.6 Å². The van der Waals surface area contributed by atoms with E-state index in [-0.39, 0.29) is 5.91 Å². The average Bonchev–Trinajstić information content (AvgIpc) is 3.02. The van der Waals surface area contributed by atoms with Crippen LogP contribution < -0.4 is 0 Å². The van der Waals surface area contributed by atoms with Crippen LogP contribution in [0.3, 0.4) is 0 Å². The molecule has 8 heteroatoms. The van der Waals surface area contributed by atoms with Crippen LogP contribution in [0.1, 0.15) is 24.2 Å². The summed E-state index contributed by atoms with van der Waals surface area (Å²) in [6.45, 7) is 2.52. The fraction of sp³-hybridized carbons (Fsp3) is 0.353. The highest BCUT2D eigenvalue weighted by atomic mass is 32.2. The van der Waals surface area contributed by atoms with Crippen molar-refractivity contribution in [1.82, 2.24) is 15.1 Å². The summed E-state index contributed by atoms with van der Waals surface area (Å²) >= 11 is 2.93. The fourth-order valence-electron chi connectivity index (χ4n) is 2.58. The van der Waals surface area contributed by atoms with E-state index in [1.165, 1.54) is 17.3 Å². The molecule has 0 saturated heterocycles. The topological polar surface area (TPSA) is 72.4 Å². The van der Waals surface area contributed by atoms with Crippen molar-refractivity contribution in [1.29, 1.82) is 0 Å². The Kier molecular flexibility index (Phi) is 4.63. The molecule has 1 saturated carbocycles. The molecule has 0 N–H and O–H groups in total. The summed E-state index contributed by atoms with van der Waals surface area (Å²) in [6.07, 6.45) is 3.76. The number of hydrogen-bond donors (Lipinski definition) is 0. The molecule has 25 heavy (non-hydrogen) atoms. The van der Waals surface area contributed by atoms with Crippen molar-refractivity contribution in [3.05, 3.63) is 40.5 Å². The van der Waals surface area contributed by atoms with Gasteiger partial charge in [0.1, 0.15) is 5.76 Å². The van der Waals surface area contributed by atoms with E-state index in [1.54, 1.807) is 23.7 Å². The quantitative estimate of drug-likeness (QED) is 0.582. The van der Waals surface area contributed by atoms with E-state index in [9.17, 15) is 4.79 Å². The number of amides is 1. The summed E-state index contributed by atoms with van der Waals surface area (Å²) in [5.74, 6) is 1.55. The summed E-state index contributed by atoms with van der Waals surface area (Å²) in [5.41, 5.74) is 1.97. The first-order valence-corrected chi connectivity index (χ1v) is 9.95. The van der Waals surface area contributed by atoms with Crippen LogP contribution in [-0.2, 0) is 11.3 Å². The molecule has 3 aromatic rings. The first kappa shape index (κ1) is 16.4. The number of thioether (sulfide) groups is 1. The van der Waals surface area contributed by atoms with Gasteiger partial charge in [-0.25, -0.2) is 0 Å². The summed E-state index contributed by atoms with van der Waals surface area (Å²) in [4.78, 5) is 14.6. The Morgan fingerprint density at radius 3 is 2.96 bits per heavy atom. The summed E-state index contributed by atoms with van der Waals surface area (Å²) in [5, 5.41) is 12.6. The van der Waals surface area contributed by atoms with Gasteiger partial charge in [-0.05, 0) is 48.2 Å². The Balaban J connectivity index is 1.38. The second-order valence-electron chi connectivity index (χ2n) is 5.94. The molecule has 0 aromatic carbocycles. The van der Waals surface area contributed by atoms with Gasteiger partial charge in [-0.1, -0.05) is 11.8 Å². The van der Waals surface area contributed by atoms with E-state index >= 15 is 0 Å². The Labute approximate surface area is 153 Å².